The van der Waals surface area contributed by atoms with Crippen molar-refractivity contribution < 1.29 is 0 Å². The molecule has 0 saturated heterocycles. The quantitative estimate of drug-likeness (QED) is 0.158. The van der Waals surface area contributed by atoms with Crippen LogP contribution in [0.15, 0.2) is 200 Å². The average Bonchev–Trinajstić information content (AvgIpc) is 3.86. The van der Waals surface area contributed by atoms with Crippen LogP contribution in [-0.4, -0.2) is 0 Å². The van der Waals surface area contributed by atoms with Gasteiger partial charge in [-0.25, -0.2) is 0 Å². The van der Waals surface area contributed by atoms with E-state index >= 15 is 0 Å². The number of hydrogen-bond acceptors (Lipinski definition) is 3. The first-order chi connectivity index (χ1) is 28.3. The number of benzene rings is 10. The zero-order chi connectivity index (χ0) is 37.5. The molecule has 0 bridgehead atoms. The summed E-state index contributed by atoms with van der Waals surface area (Å²) in [6.45, 7) is 0. The highest BCUT2D eigenvalue weighted by Gasteiger charge is 2.23. The Hall–Kier alpha value is -6.78. The fraction of sp³-hybridized carbons (Fsp3) is 0. The Kier molecular flexibility index (Phi) is 7.34. The van der Waals surface area contributed by atoms with E-state index < -0.39 is 0 Å². The maximum absolute atomic E-state index is 2.51. The Morgan fingerprint density at radius 3 is 1.81 bits per heavy atom. The van der Waals surface area contributed by atoms with Crippen LogP contribution in [0.1, 0.15) is 0 Å². The lowest BCUT2D eigenvalue weighted by Crippen LogP contribution is -2.10. The van der Waals surface area contributed by atoms with Crippen molar-refractivity contribution in [2.75, 3.05) is 4.90 Å². The second-order valence-electron chi connectivity index (χ2n) is 14.8. The summed E-state index contributed by atoms with van der Waals surface area (Å²) < 4.78 is 5.20. The number of nitrogens with zero attached hydrogens (tertiary/aromatic N) is 1. The van der Waals surface area contributed by atoms with E-state index in [0.29, 0.717) is 0 Å². The molecule has 0 aliphatic heterocycles. The molecule has 2 heterocycles. The van der Waals surface area contributed by atoms with Crippen LogP contribution >= 0.6 is 22.7 Å². The van der Waals surface area contributed by atoms with E-state index in [-0.39, 0.29) is 0 Å². The lowest BCUT2D eigenvalue weighted by Gasteiger charge is -2.27. The molecule has 0 aliphatic carbocycles. The van der Waals surface area contributed by atoms with E-state index in [1.165, 1.54) is 101 Å². The van der Waals surface area contributed by atoms with E-state index in [4.69, 9.17) is 0 Å². The molecule has 1 nitrogen and oxygen atoms in total. The molecular weight excluding hydrogens is 727 g/mol. The van der Waals surface area contributed by atoms with Crippen molar-refractivity contribution in [1.29, 1.82) is 0 Å². The minimum Gasteiger partial charge on any atom is -0.310 e. The zero-order valence-electron chi connectivity index (χ0n) is 30.8. The molecule has 10 aromatic carbocycles. The van der Waals surface area contributed by atoms with E-state index in [0.717, 1.165) is 11.4 Å². The molecule has 0 fully saturated rings. The Morgan fingerprint density at radius 1 is 0.316 bits per heavy atom. The topological polar surface area (TPSA) is 3.24 Å². The van der Waals surface area contributed by atoms with Gasteiger partial charge in [0.2, 0.25) is 0 Å². The first kappa shape index (κ1) is 32.5. The third kappa shape index (κ3) is 5.13. The maximum Gasteiger partial charge on any atom is 0.0555 e. The van der Waals surface area contributed by atoms with Crippen LogP contribution in [0.5, 0.6) is 0 Å². The molecule has 12 rings (SSSR count). The van der Waals surface area contributed by atoms with E-state index in [2.05, 4.69) is 205 Å². The molecule has 0 saturated carbocycles. The van der Waals surface area contributed by atoms with Crippen molar-refractivity contribution in [3.05, 3.63) is 200 Å². The fourth-order valence-corrected chi connectivity index (χ4v) is 11.5. The zero-order valence-corrected chi connectivity index (χ0v) is 32.4. The van der Waals surface area contributed by atoms with Crippen molar-refractivity contribution in [3.8, 4) is 22.3 Å². The van der Waals surface area contributed by atoms with Crippen molar-refractivity contribution in [3.63, 3.8) is 0 Å². The van der Waals surface area contributed by atoms with E-state index in [9.17, 15) is 0 Å². The largest absolute Gasteiger partial charge is 0.310 e. The van der Waals surface area contributed by atoms with Crippen LogP contribution in [0.4, 0.5) is 17.1 Å². The first-order valence-electron chi connectivity index (χ1n) is 19.4. The predicted octanol–water partition coefficient (Wildman–Crippen LogP) is 16.7. The van der Waals surface area contributed by atoms with Crippen LogP contribution in [0.2, 0.25) is 0 Å². The summed E-state index contributed by atoms with van der Waals surface area (Å²) in [5.41, 5.74) is 8.52. The number of fused-ring (bicyclic) bond motifs is 10. The number of rotatable bonds is 5. The average molecular weight is 760 g/mol. The van der Waals surface area contributed by atoms with Gasteiger partial charge in [0.25, 0.3) is 0 Å². The lowest BCUT2D eigenvalue weighted by atomic mass is 9.95. The number of hydrogen-bond donors (Lipinski definition) is 0. The second-order valence-corrected chi connectivity index (χ2v) is 16.9. The van der Waals surface area contributed by atoms with Gasteiger partial charge in [-0.2, -0.15) is 0 Å². The minimum absolute atomic E-state index is 1.14. The Morgan fingerprint density at radius 2 is 0.930 bits per heavy atom. The van der Waals surface area contributed by atoms with E-state index in [1.54, 1.807) is 0 Å². The molecule has 3 heteroatoms. The maximum atomic E-state index is 2.51. The summed E-state index contributed by atoms with van der Waals surface area (Å²) in [5, 5.41) is 12.7. The molecule has 0 amide bonds. The van der Waals surface area contributed by atoms with Gasteiger partial charge >= 0.3 is 0 Å². The van der Waals surface area contributed by atoms with Gasteiger partial charge in [-0.15, -0.1) is 22.7 Å². The monoisotopic (exact) mass is 759 g/mol. The molecule has 0 atom stereocenters. The van der Waals surface area contributed by atoms with Crippen molar-refractivity contribution in [2.24, 2.45) is 0 Å². The summed E-state index contributed by atoms with van der Waals surface area (Å²) in [6, 6.07) is 74.0. The van der Waals surface area contributed by atoms with Crippen molar-refractivity contribution >= 4 is 112 Å². The summed E-state index contributed by atoms with van der Waals surface area (Å²) in [5.74, 6) is 0. The van der Waals surface area contributed by atoms with Gasteiger partial charge in [0.05, 0.1) is 5.69 Å². The highest BCUT2D eigenvalue weighted by atomic mass is 32.1. The van der Waals surface area contributed by atoms with Gasteiger partial charge in [0, 0.05) is 57.3 Å². The predicted molar refractivity (Wildman–Crippen MR) is 250 cm³/mol. The second kappa shape index (κ2) is 12.9. The molecule has 57 heavy (non-hydrogen) atoms. The molecule has 0 aliphatic rings. The summed E-state index contributed by atoms with van der Waals surface area (Å²) in [7, 11) is 0. The number of anilines is 3. The molecule has 0 spiro atoms. The highest BCUT2D eigenvalue weighted by molar-refractivity contribution is 7.27. The highest BCUT2D eigenvalue weighted by Crippen LogP contribution is 2.50. The molecular formula is C54H33NS2. The normalized spacial score (nSPS) is 11.9. The first-order valence-corrected chi connectivity index (χ1v) is 21.0. The molecule has 0 N–H and O–H groups in total. The molecule has 266 valence electrons. The van der Waals surface area contributed by atoms with Crippen LogP contribution < -0.4 is 4.90 Å². The molecule has 0 radical (unpaired) electrons. The Balaban J connectivity index is 1.15. The van der Waals surface area contributed by atoms with Gasteiger partial charge in [-0.3, -0.25) is 0 Å². The smallest absolute Gasteiger partial charge is 0.0555 e. The van der Waals surface area contributed by atoms with Crippen LogP contribution in [0.3, 0.4) is 0 Å². The van der Waals surface area contributed by atoms with Gasteiger partial charge in [-0.1, -0.05) is 164 Å². The Bertz CT molecular complexity index is 3530. The molecule has 2 aromatic heterocycles. The van der Waals surface area contributed by atoms with Gasteiger partial charge in [-0.05, 0) is 85.4 Å². The van der Waals surface area contributed by atoms with Crippen LogP contribution in [0, 0.1) is 0 Å². The fourth-order valence-electron chi connectivity index (χ4n) is 9.00. The van der Waals surface area contributed by atoms with E-state index in [1.807, 2.05) is 22.7 Å². The van der Waals surface area contributed by atoms with Gasteiger partial charge in [0.15, 0.2) is 0 Å². The third-order valence-electron chi connectivity index (χ3n) is 11.6. The van der Waals surface area contributed by atoms with Crippen LogP contribution in [0.25, 0.3) is 94.9 Å². The number of thiophene rings is 2. The summed E-state index contributed by atoms with van der Waals surface area (Å²) in [4.78, 5) is 2.51. The third-order valence-corrected chi connectivity index (χ3v) is 14.0. The summed E-state index contributed by atoms with van der Waals surface area (Å²) >= 11 is 3.79. The minimum atomic E-state index is 1.14. The summed E-state index contributed by atoms with van der Waals surface area (Å²) in [6.07, 6.45) is 0. The lowest BCUT2D eigenvalue weighted by molar-refractivity contribution is 1.31. The SMILES string of the molecule is c1ccc(-c2cccc3c2sc2cc(N(c4ccc5ccc6ccccc6c5c4)c4ccc(-c5cccc6ccccc56)c5sc6ccccc6c45)ccc23)cc1. The molecule has 0 unspecified atom stereocenters. The van der Waals surface area contributed by atoms with Gasteiger partial charge in [0.1, 0.15) is 0 Å². The molecule has 12 aromatic rings. The standard InChI is InChI=1S/C54H33NS2/c1-2-12-35(13-3-1)42-20-11-22-45-44-29-28-39(33-51(44)57-53(42)45)55(38-27-26-37-25-24-36-15-5-7-18-41(36)48(37)32-38)49-31-30-46(43-21-10-16-34-14-4-6-17-40(34)43)54-52(49)47-19-8-9-23-50(47)56-54/h1-33H. The van der Waals surface area contributed by atoms with Gasteiger partial charge < -0.3 is 4.90 Å². The van der Waals surface area contributed by atoms with Crippen molar-refractivity contribution in [2.45, 2.75) is 0 Å². The Labute approximate surface area is 337 Å². The van der Waals surface area contributed by atoms with Crippen molar-refractivity contribution in [1.82, 2.24) is 0 Å². The van der Waals surface area contributed by atoms with Crippen LogP contribution in [-0.2, 0) is 0 Å².